The Bertz CT molecular complexity index is 549. The molecule has 1 fully saturated rings. The molecule has 3 unspecified atom stereocenters. The molecule has 24 heavy (non-hydrogen) atoms. The number of aliphatic hydroxyl groups is 1. The molecular formula is C18H26N2O4. The van der Waals surface area contributed by atoms with Gasteiger partial charge in [0, 0.05) is 19.0 Å². The second kappa shape index (κ2) is 8.68. The van der Waals surface area contributed by atoms with Gasteiger partial charge in [-0.25, -0.2) is 4.79 Å². The number of nitrogens with one attached hydrogen (secondary N) is 1. The first-order valence-electron chi connectivity index (χ1n) is 8.45. The number of aliphatic hydroxyl groups excluding tert-OH is 1. The van der Waals surface area contributed by atoms with E-state index in [4.69, 9.17) is 5.11 Å². The molecule has 1 aromatic carbocycles. The van der Waals surface area contributed by atoms with Gasteiger partial charge in [0.25, 0.3) is 0 Å². The Hall–Kier alpha value is -2.08. The van der Waals surface area contributed by atoms with Gasteiger partial charge in [0.2, 0.25) is 0 Å². The molecule has 0 bridgehead atoms. The lowest BCUT2D eigenvalue weighted by molar-refractivity contribution is -0.137. The van der Waals surface area contributed by atoms with Crippen LogP contribution in [0, 0.1) is 5.92 Å². The van der Waals surface area contributed by atoms with Crippen molar-refractivity contribution < 1.29 is 19.8 Å². The molecule has 0 saturated carbocycles. The molecule has 0 aromatic heterocycles. The van der Waals surface area contributed by atoms with Crippen molar-refractivity contribution in [2.24, 2.45) is 5.92 Å². The summed E-state index contributed by atoms with van der Waals surface area (Å²) in [6.07, 6.45) is 1.85. The molecule has 2 rings (SSSR count). The van der Waals surface area contributed by atoms with Crippen molar-refractivity contribution in [2.75, 3.05) is 13.2 Å². The number of hydrogen-bond acceptors (Lipinski definition) is 3. The zero-order valence-corrected chi connectivity index (χ0v) is 14.0. The van der Waals surface area contributed by atoms with Gasteiger partial charge in [0.1, 0.15) is 0 Å². The zero-order valence-electron chi connectivity index (χ0n) is 14.0. The van der Waals surface area contributed by atoms with Crippen molar-refractivity contribution >= 4 is 12.0 Å². The highest BCUT2D eigenvalue weighted by Gasteiger charge is 2.34. The maximum absolute atomic E-state index is 12.6. The van der Waals surface area contributed by atoms with Crippen molar-refractivity contribution in [1.29, 1.82) is 0 Å². The standard InChI is InChI=1S/C18H26N2O4/c1-13-9-10-20(16(13)12-21)18(24)19-15(7-8-17(22)23)11-14-5-3-2-4-6-14/h2-6,13,15-16,21H,7-12H2,1H3,(H,19,24)(H,22,23). The highest BCUT2D eigenvalue weighted by atomic mass is 16.4. The Balaban J connectivity index is 2.01. The normalized spacial score (nSPS) is 21.5. The van der Waals surface area contributed by atoms with Crippen LogP contribution >= 0.6 is 0 Å². The summed E-state index contributed by atoms with van der Waals surface area (Å²) >= 11 is 0. The average molecular weight is 334 g/mol. The second-order valence-electron chi connectivity index (χ2n) is 6.48. The zero-order chi connectivity index (χ0) is 17.5. The molecular weight excluding hydrogens is 308 g/mol. The lowest BCUT2D eigenvalue weighted by atomic mass is 10.0. The maximum Gasteiger partial charge on any atom is 0.317 e. The molecule has 0 radical (unpaired) electrons. The number of aliphatic carboxylic acids is 1. The Morgan fingerprint density at radius 3 is 2.67 bits per heavy atom. The van der Waals surface area contributed by atoms with Crippen LogP contribution in [0.5, 0.6) is 0 Å². The molecule has 0 spiro atoms. The number of urea groups is 1. The molecule has 1 aliphatic rings. The van der Waals surface area contributed by atoms with Crippen LogP contribution in [0.4, 0.5) is 4.79 Å². The van der Waals surface area contributed by atoms with E-state index in [0.717, 1.165) is 12.0 Å². The number of carboxylic acid groups (broad SMARTS) is 1. The van der Waals surface area contributed by atoms with Crippen LogP contribution < -0.4 is 5.32 Å². The number of amides is 2. The van der Waals surface area contributed by atoms with Gasteiger partial charge in [-0.2, -0.15) is 0 Å². The van der Waals surface area contributed by atoms with E-state index in [-0.39, 0.29) is 37.1 Å². The Kier molecular flexibility index (Phi) is 6.61. The fraction of sp³-hybridized carbons (Fsp3) is 0.556. The molecule has 1 aliphatic heterocycles. The summed E-state index contributed by atoms with van der Waals surface area (Å²) in [6.45, 7) is 2.60. The summed E-state index contributed by atoms with van der Waals surface area (Å²) in [4.78, 5) is 25.1. The van der Waals surface area contributed by atoms with E-state index in [1.165, 1.54) is 0 Å². The summed E-state index contributed by atoms with van der Waals surface area (Å²) in [7, 11) is 0. The largest absolute Gasteiger partial charge is 0.481 e. The van der Waals surface area contributed by atoms with Crippen molar-refractivity contribution in [2.45, 2.75) is 44.7 Å². The van der Waals surface area contributed by atoms with Crippen LogP contribution in [0.15, 0.2) is 30.3 Å². The Morgan fingerprint density at radius 2 is 2.04 bits per heavy atom. The molecule has 3 atom stereocenters. The van der Waals surface area contributed by atoms with Gasteiger partial charge in [-0.3, -0.25) is 4.79 Å². The number of carbonyl (C=O) groups is 2. The molecule has 132 valence electrons. The first-order chi connectivity index (χ1) is 11.5. The van der Waals surface area contributed by atoms with E-state index in [1.54, 1.807) is 4.90 Å². The summed E-state index contributed by atoms with van der Waals surface area (Å²) in [5.74, 6) is -0.599. The SMILES string of the molecule is CC1CCN(C(=O)NC(CCC(=O)O)Cc2ccccc2)C1CO. The van der Waals surface area contributed by atoms with Crippen LogP contribution in [-0.2, 0) is 11.2 Å². The number of hydrogen-bond donors (Lipinski definition) is 3. The minimum absolute atomic E-state index is 0.0115. The van der Waals surface area contributed by atoms with Crippen LogP contribution in [0.25, 0.3) is 0 Å². The van der Waals surface area contributed by atoms with Crippen molar-refractivity contribution in [3.63, 3.8) is 0 Å². The number of likely N-dealkylation sites (tertiary alicyclic amines) is 1. The van der Waals surface area contributed by atoms with Gasteiger partial charge in [0.15, 0.2) is 0 Å². The lowest BCUT2D eigenvalue weighted by Gasteiger charge is -2.28. The maximum atomic E-state index is 12.6. The second-order valence-corrected chi connectivity index (χ2v) is 6.48. The molecule has 2 amide bonds. The molecule has 6 nitrogen and oxygen atoms in total. The quantitative estimate of drug-likeness (QED) is 0.710. The predicted molar refractivity (Wildman–Crippen MR) is 90.7 cm³/mol. The summed E-state index contributed by atoms with van der Waals surface area (Å²) in [5.41, 5.74) is 1.06. The fourth-order valence-corrected chi connectivity index (χ4v) is 3.22. The van der Waals surface area contributed by atoms with Gasteiger partial charge < -0.3 is 20.4 Å². The van der Waals surface area contributed by atoms with Crippen LogP contribution in [0.3, 0.4) is 0 Å². The van der Waals surface area contributed by atoms with Crippen molar-refractivity contribution in [1.82, 2.24) is 10.2 Å². The number of carboxylic acids is 1. The van der Waals surface area contributed by atoms with Crippen molar-refractivity contribution in [3.8, 4) is 0 Å². The van der Waals surface area contributed by atoms with E-state index >= 15 is 0 Å². The van der Waals surface area contributed by atoms with E-state index in [1.807, 2.05) is 37.3 Å². The van der Waals surface area contributed by atoms with E-state index in [9.17, 15) is 14.7 Å². The summed E-state index contributed by atoms with van der Waals surface area (Å²) < 4.78 is 0. The smallest absolute Gasteiger partial charge is 0.317 e. The molecule has 1 saturated heterocycles. The summed E-state index contributed by atoms with van der Waals surface area (Å²) in [5, 5.41) is 21.4. The molecule has 0 aliphatic carbocycles. The molecule has 3 N–H and O–H groups in total. The first kappa shape index (κ1) is 18.3. The van der Waals surface area contributed by atoms with Crippen LogP contribution in [-0.4, -0.2) is 52.3 Å². The van der Waals surface area contributed by atoms with E-state index in [0.29, 0.717) is 19.4 Å². The molecule has 1 aromatic rings. The third-order valence-electron chi connectivity index (χ3n) is 4.69. The van der Waals surface area contributed by atoms with Crippen molar-refractivity contribution in [3.05, 3.63) is 35.9 Å². The Labute approximate surface area is 142 Å². The van der Waals surface area contributed by atoms with E-state index < -0.39 is 5.97 Å². The third-order valence-corrected chi connectivity index (χ3v) is 4.69. The van der Waals surface area contributed by atoms with Crippen LogP contribution in [0.1, 0.15) is 31.7 Å². The minimum Gasteiger partial charge on any atom is -0.481 e. The predicted octanol–water partition coefficient (Wildman–Crippen LogP) is 1.87. The third kappa shape index (κ3) is 4.96. The van der Waals surface area contributed by atoms with Gasteiger partial charge in [-0.05, 0) is 30.7 Å². The van der Waals surface area contributed by atoms with Gasteiger partial charge in [0.05, 0.1) is 12.6 Å². The number of carbonyl (C=O) groups excluding carboxylic acids is 1. The Morgan fingerprint density at radius 1 is 1.33 bits per heavy atom. The van der Waals surface area contributed by atoms with Crippen LogP contribution in [0.2, 0.25) is 0 Å². The average Bonchev–Trinajstić information content (AvgIpc) is 2.94. The minimum atomic E-state index is -0.870. The number of rotatable bonds is 7. The fourth-order valence-electron chi connectivity index (χ4n) is 3.22. The van der Waals surface area contributed by atoms with E-state index in [2.05, 4.69) is 5.32 Å². The highest BCUT2D eigenvalue weighted by molar-refractivity contribution is 5.75. The van der Waals surface area contributed by atoms with Gasteiger partial charge >= 0.3 is 12.0 Å². The van der Waals surface area contributed by atoms with Gasteiger partial charge in [-0.15, -0.1) is 0 Å². The highest BCUT2D eigenvalue weighted by Crippen LogP contribution is 2.23. The topological polar surface area (TPSA) is 89.9 Å². The molecule has 1 heterocycles. The number of benzene rings is 1. The monoisotopic (exact) mass is 334 g/mol. The number of nitrogens with zero attached hydrogens (tertiary/aromatic N) is 1. The van der Waals surface area contributed by atoms with Gasteiger partial charge in [-0.1, -0.05) is 37.3 Å². The lowest BCUT2D eigenvalue weighted by Crippen LogP contribution is -2.49. The first-order valence-corrected chi connectivity index (χ1v) is 8.45. The molecule has 6 heteroatoms. The summed E-state index contributed by atoms with van der Waals surface area (Å²) in [6, 6.07) is 9.08.